The summed E-state index contributed by atoms with van der Waals surface area (Å²) >= 11 is 0. The predicted octanol–water partition coefficient (Wildman–Crippen LogP) is 3.54. The first-order chi connectivity index (χ1) is 8.97. The molecule has 3 heteroatoms. The van der Waals surface area contributed by atoms with Crippen molar-refractivity contribution in [2.45, 2.75) is 71.8 Å². The van der Waals surface area contributed by atoms with Gasteiger partial charge in [-0.1, -0.05) is 33.6 Å². The zero-order valence-corrected chi connectivity index (χ0v) is 12.7. The monoisotopic (exact) mass is 270 g/mol. The van der Waals surface area contributed by atoms with Crippen molar-refractivity contribution < 1.29 is 14.6 Å². The van der Waals surface area contributed by atoms with Gasteiger partial charge in [-0.05, 0) is 43.4 Å². The van der Waals surface area contributed by atoms with Crippen LogP contribution in [-0.4, -0.2) is 23.8 Å². The Bertz CT molecular complexity index is 263. The maximum Gasteiger partial charge on any atom is 0.306 e. The molecule has 0 aromatic carbocycles. The van der Waals surface area contributed by atoms with E-state index in [-0.39, 0.29) is 12.1 Å². The minimum atomic E-state index is -0.192. The van der Waals surface area contributed by atoms with Crippen LogP contribution in [0.1, 0.15) is 65.7 Å². The number of carbonyl (C=O) groups excluding carboxylic acids is 1. The Kier molecular flexibility index (Phi) is 7.44. The summed E-state index contributed by atoms with van der Waals surface area (Å²) in [4.78, 5) is 11.7. The molecule has 19 heavy (non-hydrogen) atoms. The summed E-state index contributed by atoms with van der Waals surface area (Å²) in [6.45, 7) is 7.03. The lowest BCUT2D eigenvalue weighted by atomic mass is 9.88. The molecule has 112 valence electrons. The summed E-state index contributed by atoms with van der Waals surface area (Å²) < 4.78 is 5.36. The van der Waals surface area contributed by atoms with Gasteiger partial charge in [0.15, 0.2) is 0 Å². The van der Waals surface area contributed by atoms with Crippen LogP contribution < -0.4 is 0 Å². The summed E-state index contributed by atoms with van der Waals surface area (Å²) in [6, 6.07) is 0. The minimum Gasteiger partial charge on any atom is -0.465 e. The van der Waals surface area contributed by atoms with Crippen LogP contribution in [0.4, 0.5) is 0 Å². The number of aliphatic hydroxyl groups is 1. The van der Waals surface area contributed by atoms with Crippen LogP contribution in [0.3, 0.4) is 0 Å². The van der Waals surface area contributed by atoms with Crippen molar-refractivity contribution >= 4 is 5.97 Å². The first-order valence-corrected chi connectivity index (χ1v) is 7.81. The number of hydrogen-bond donors (Lipinski definition) is 1. The van der Waals surface area contributed by atoms with E-state index in [1.165, 1.54) is 6.42 Å². The van der Waals surface area contributed by atoms with Crippen molar-refractivity contribution in [3.8, 4) is 0 Å². The number of rotatable bonds is 7. The summed E-state index contributed by atoms with van der Waals surface area (Å²) in [6.07, 6.45) is 6.41. The van der Waals surface area contributed by atoms with Crippen LogP contribution in [0.25, 0.3) is 0 Å². The summed E-state index contributed by atoms with van der Waals surface area (Å²) in [7, 11) is 0. The standard InChI is InChI=1S/C16H30O3/c1-12(2)7-8-13(3)9-16(18)19-11-14-5-4-6-15(17)10-14/h12-15,17H,4-11H2,1-3H3. The molecular weight excluding hydrogens is 240 g/mol. The highest BCUT2D eigenvalue weighted by molar-refractivity contribution is 5.69. The molecule has 0 saturated heterocycles. The molecule has 0 aromatic heterocycles. The summed E-state index contributed by atoms with van der Waals surface area (Å²) in [5.41, 5.74) is 0. The number of hydrogen-bond acceptors (Lipinski definition) is 3. The predicted molar refractivity (Wildman–Crippen MR) is 76.8 cm³/mol. The molecule has 0 aliphatic heterocycles. The molecule has 0 aromatic rings. The van der Waals surface area contributed by atoms with Crippen LogP contribution >= 0.6 is 0 Å². The molecule has 3 atom stereocenters. The Balaban J connectivity index is 2.13. The van der Waals surface area contributed by atoms with Crippen LogP contribution in [-0.2, 0) is 9.53 Å². The van der Waals surface area contributed by atoms with Gasteiger partial charge in [0.05, 0.1) is 12.7 Å². The van der Waals surface area contributed by atoms with E-state index < -0.39 is 0 Å². The number of carbonyl (C=O) groups is 1. The van der Waals surface area contributed by atoms with Crippen LogP contribution in [0, 0.1) is 17.8 Å². The van der Waals surface area contributed by atoms with E-state index in [1.54, 1.807) is 0 Å². The number of ether oxygens (including phenoxy) is 1. The van der Waals surface area contributed by atoms with Gasteiger partial charge in [-0.2, -0.15) is 0 Å². The van der Waals surface area contributed by atoms with E-state index in [4.69, 9.17) is 4.74 Å². The smallest absolute Gasteiger partial charge is 0.306 e. The van der Waals surface area contributed by atoms with Crippen molar-refractivity contribution in [1.82, 2.24) is 0 Å². The largest absolute Gasteiger partial charge is 0.465 e. The minimum absolute atomic E-state index is 0.0729. The fourth-order valence-corrected chi connectivity index (χ4v) is 2.69. The lowest BCUT2D eigenvalue weighted by molar-refractivity contribution is -0.146. The fraction of sp³-hybridized carbons (Fsp3) is 0.938. The summed E-state index contributed by atoms with van der Waals surface area (Å²) in [5.74, 6) is 1.39. The average molecular weight is 270 g/mol. The van der Waals surface area contributed by atoms with Gasteiger partial charge in [-0.3, -0.25) is 4.79 Å². The SMILES string of the molecule is CC(C)CCC(C)CC(=O)OCC1CCCC(O)C1. The number of aliphatic hydroxyl groups excluding tert-OH is 1. The first-order valence-electron chi connectivity index (χ1n) is 7.81. The molecule has 3 nitrogen and oxygen atoms in total. The quantitative estimate of drug-likeness (QED) is 0.720. The Morgan fingerprint density at radius 3 is 2.63 bits per heavy atom. The second-order valence-corrected chi connectivity index (χ2v) is 6.65. The molecular formula is C16H30O3. The molecule has 1 aliphatic rings. The Labute approximate surface area is 117 Å². The zero-order valence-electron chi connectivity index (χ0n) is 12.7. The molecule has 0 spiro atoms. The Morgan fingerprint density at radius 1 is 1.26 bits per heavy atom. The van der Waals surface area contributed by atoms with E-state index >= 15 is 0 Å². The van der Waals surface area contributed by atoms with Gasteiger partial charge >= 0.3 is 5.97 Å². The number of esters is 1. The molecule has 1 N–H and O–H groups in total. The Morgan fingerprint density at radius 2 is 2.00 bits per heavy atom. The van der Waals surface area contributed by atoms with E-state index in [2.05, 4.69) is 20.8 Å². The van der Waals surface area contributed by atoms with Crippen LogP contribution in [0.15, 0.2) is 0 Å². The molecule has 1 aliphatic carbocycles. The van der Waals surface area contributed by atoms with Gasteiger partial charge in [0.1, 0.15) is 0 Å². The maximum atomic E-state index is 11.7. The van der Waals surface area contributed by atoms with Gasteiger partial charge in [-0.15, -0.1) is 0 Å². The van der Waals surface area contributed by atoms with Gasteiger partial charge in [0, 0.05) is 6.42 Å². The molecule has 0 heterocycles. The maximum absolute atomic E-state index is 11.7. The van der Waals surface area contributed by atoms with Crippen LogP contribution in [0.2, 0.25) is 0 Å². The van der Waals surface area contributed by atoms with Gasteiger partial charge in [-0.25, -0.2) is 0 Å². The Hall–Kier alpha value is -0.570. The fourth-order valence-electron chi connectivity index (χ4n) is 2.69. The third-order valence-corrected chi connectivity index (χ3v) is 3.99. The molecule has 1 saturated carbocycles. The molecule has 1 fully saturated rings. The highest BCUT2D eigenvalue weighted by Gasteiger charge is 2.21. The van der Waals surface area contributed by atoms with Crippen molar-refractivity contribution in [3.63, 3.8) is 0 Å². The summed E-state index contributed by atoms with van der Waals surface area (Å²) in [5, 5.41) is 9.57. The molecule has 1 rings (SSSR count). The van der Waals surface area contributed by atoms with Crippen LogP contribution in [0.5, 0.6) is 0 Å². The zero-order chi connectivity index (χ0) is 14.3. The molecule has 0 bridgehead atoms. The van der Waals surface area contributed by atoms with E-state index in [9.17, 15) is 9.90 Å². The normalized spacial score (nSPS) is 25.3. The van der Waals surface area contributed by atoms with E-state index in [0.29, 0.717) is 30.8 Å². The molecule has 0 amide bonds. The third kappa shape index (κ3) is 7.56. The van der Waals surface area contributed by atoms with Crippen molar-refractivity contribution in [2.75, 3.05) is 6.61 Å². The van der Waals surface area contributed by atoms with E-state index in [0.717, 1.165) is 32.1 Å². The second-order valence-electron chi connectivity index (χ2n) is 6.65. The topological polar surface area (TPSA) is 46.5 Å². The molecule has 3 unspecified atom stereocenters. The van der Waals surface area contributed by atoms with Crippen molar-refractivity contribution in [3.05, 3.63) is 0 Å². The lowest BCUT2D eigenvalue weighted by Gasteiger charge is -2.25. The van der Waals surface area contributed by atoms with E-state index in [1.807, 2.05) is 0 Å². The third-order valence-electron chi connectivity index (χ3n) is 3.99. The average Bonchev–Trinajstić information content (AvgIpc) is 2.34. The van der Waals surface area contributed by atoms with Gasteiger partial charge < -0.3 is 9.84 Å². The van der Waals surface area contributed by atoms with Gasteiger partial charge in [0.25, 0.3) is 0 Å². The van der Waals surface area contributed by atoms with Crippen molar-refractivity contribution in [2.24, 2.45) is 17.8 Å². The lowest BCUT2D eigenvalue weighted by Crippen LogP contribution is -2.24. The highest BCUT2D eigenvalue weighted by atomic mass is 16.5. The highest BCUT2D eigenvalue weighted by Crippen LogP contribution is 2.24. The van der Waals surface area contributed by atoms with Crippen molar-refractivity contribution in [1.29, 1.82) is 0 Å². The first kappa shape index (κ1) is 16.5. The second kappa shape index (κ2) is 8.57. The molecule has 0 radical (unpaired) electrons. The van der Waals surface area contributed by atoms with Gasteiger partial charge in [0.2, 0.25) is 0 Å².